The Morgan fingerprint density at radius 1 is 0.972 bits per heavy atom. The Morgan fingerprint density at radius 3 is 2.36 bits per heavy atom. The molecule has 4 heterocycles. The number of aromatic nitrogens is 5. The van der Waals surface area contributed by atoms with Gasteiger partial charge in [0, 0.05) is 62.8 Å². The Labute approximate surface area is 209 Å². The number of H-pyrrole nitrogens is 2. The predicted molar refractivity (Wildman–Crippen MR) is 143 cm³/mol. The van der Waals surface area contributed by atoms with E-state index in [1.54, 1.807) is 6.20 Å². The van der Waals surface area contributed by atoms with Gasteiger partial charge in [0.15, 0.2) is 5.82 Å². The molecule has 0 aliphatic carbocycles. The molecule has 0 atom stereocenters. The van der Waals surface area contributed by atoms with Gasteiger partial charge in [-0.3, -0.25) is 14.7 Å². The molecule has 9 nitrogen and oxygen atoms in total. The highest BCUT2D eigenvalue weighted by Crippen LogP contribution is 2.29. The molecule has 1 saturated heterocycles. The molecular formula is C27H33N7O2. The van der Waals surface area contributed by atoms with E-state index in [1.165, 1.54) is 10.1 Å². The normalized spacial score (nSPS) is 15.1. The van der Waals surface area contributed by atoms with Crippen LogP contribution in [0.2, 0.25) is 0 Å². The topological polar surface area (TPSA) is 103 Å². The lowest BCUT2D eigenvalue weighted by molar-refractivity contribution is 0.247. The summed E-state index contributed by atoms with van der Waals surface area (Å²) in [6.07, 6.45) is 3.50. The zero-order valence-corrected chi connectivity index (χ0v) is 21.3. The third-order valence-corrected chi connectivity index (χ3v) is 6.90. The van der Waals surface area contributed by atoms with Crippen LogP contribution in [0.1, 0.15) is 38.8 Å². The van der Waals surface area contributed by atoms with Gasteiger partial charge in [-0.05, 0) is 24.0 Å². The molecule has 0 spiro atoms. The fourth-order valence-electron chi connectivity index (χ4n) is 4.68. The maximum atomic E-state index is 12.3. The van der Waals surface area contributed by atoms with Crippen molar-refractivity contribution in [2.75, 3.05) is 31.1 Å². The van der Waals surface area contributed by atoms with Gasteiger partial charge in [-0.2, -0.15) is 0 Å². The Morgan fingerprint density at radius 2 is 1.69 bits per heavy atom. The third-order valence-electron chi connectivity index (χ3n) is 6.90. The molecule has 1 aliphatic heterocycles. The van der Waals surface area contributed by atoms with Crippen LogP contribution in [-0.4, -0.2) is 55.6 Å². The van der Waals surface area contributed by atoms with E-state index in [0.717, 1.165) is 54.4 Å². The number of anilines is 1. The van der Waals surface area contributed by atoms with Gasteiger partial charge in [-0.15, -0.1) is 0 Å². The van der Waals surface area contributed by atoms with E-state index < -0.39 is 0 Å². The number of aryl methyl sites for hydroxylation is 1. The molecular weight excluding hydrogens is 454 g/mol. The lowest BCUT2D eigenvalue weighted by atomic mass is 9.87. The SMILES string of the molecule is CCn1cc(CN2CCN(c3nccc4[nH]c(-c5ccc(C(C)(C)C)cc5)nc34)CC2)c(=O)[nH]c1=O. The second-order valence-electron chi connectivity index (χ2n) is 10.4. The maximum absolute atomic E-state index is 12.3. The minimum atomic E-state index is -0.362. The number of piperazine rings is 1. The van der Waals surface area contributed by atoms with Crippen molar-refractivity contribution in [1.82, 2.24) is 29.4 Å². The first kappa shape index (κ1) is 24.0. The number of nitrogens with zero attached hydrogens (tertiary/aromatic N) is 5. The van der Waals surface area contributed by atoms with Crippen molar-refractivity contribution in [3.8, 4) is 11.4 Å². The Bertz CT molecular complexity index is 1480. The highest BCUT2D eigenvalue weighted by atomic mass is 16.2. The van der Waals surface area contributed by atoms with Crippen LogP contribution in [-0.2, 0) is 18.5 Å². The molecule has 0 saturated carbocycles. The number of fused-ring (bicyclic) bond motifs is 1. The highest BCUT2D eigenvalue weighted by molar-refractivity contribution is 5.88. The van der Waals surface area contributed by atoms with Crippen LogP contribution in [0.25, 0.3) is 22.4 Å². The standard InChI is InChI=1S/C27H33N7O2/c1-5-33-17-19(25(35)31-26(33)36)16-32-12-14-34(15-13-32)24-22-21(10-11-28-24)29-23(30-22)18-6-8-20(9-7-18)27(2,3)4/h6-11,17H,5,12-16H2,1-4H3,(H,29,30)(H,31,35,36). The van der Waals surface area contributed by atoms with E-state index in [9.17, 15) is 9.59 Å². The summed E-state index contributed by atoms with van der Waals surface area (Å²) in [5.41, 5.74) is 4.22. The smallest absolute Gasteiger partial charge is 0.328 e. The first-order valence-electron chi connectivity index (χ1n) is 12.5. The van der Waals surface area contributed by atoms with E-state index in [4.69, 9.17) is 4.98 Å². The van der Waals surface area contributed by atoms with Crippen molar-refractivity contribution in [3.05, 3.63) is 74.7 Å². The van der Waals surface area contributed by atoms with Gasteiger partial charge in [0.2, 0.25) is 0 Å². The van der Waals surface area contributed by atoms with Crippen LogP contribution in [0.3, 0.4) is 0 Å². The minimum Gasteiger partial charge on any atom is -0.352 e. The largest absolute Gasteiger partial charge is 0.352 e. The number of rotatable bonds is 5. The number of aromatic amines is 2. The van der Waals surface area contributed by atoms with Gasteiger partial charge < -0.3 is 14.5 Å². The van der Waals surface area contributed by atoms with Gasteiger partial charge >= 0.3 is 5.69 Å². The van der Waals surface area contributed by atoms with Crippen LogP contribution in [0, 0.1) is 0 Å². The first-order chi connectivity index (χ1) is 17.2. The number of nitrogens with one attached hydrogen (secondary N) is 2. The summed E-state index contributed by atoms with van der Waals surface area (Å²) in [5.74, 6) is 1.71. The monoisotopic (exact) mass is 487 g/mol. The second-order valence-corrected chi connectivity index (χ2v) is 10.4. The van der Waals surface area contributed by atoms with Crippen molar-refractivity contribution in [2.45, 2.75) is 46.2 Å². The van der Waals surface area contributed by atoms with Crippen LogP contribution < -0.4 is 16.1 Å². The highest BCUT2D eigenvalue weighted by Gasteiger charge is 2.22. The van der Waals surface area contributed by atoms with E-state index in [-0.39, 0.29) is 16.7 Å². The summed E-state index contributed by atoms with van der Waals surface area (Å²) in [6.45, 7) is 12.7. The predicted octanol–water partition coefficient (Wildman–Crippen LogP) is 3.11. The molecule has 4 aromatic rings. The van der Waals surface area contributed by atoms with Crippen LogP contribution in [0.5, 0.6) is 0 Å². The van der Waals surface area contributed by atoms with Crippen LogP contribution >= 0.6 is 0 Å². The minimum absolute atomic E-state index is 0.107. The van der Waals surface area contributed by atoms with Crippen molar-refractivity contribution in [2.24, 2.45) is 0 Å². The molecule has 9 heteroatoms. The quantitative estimate of drug-likeness (QED) is 0.448. The van der Waals surface area contributed by atoms with Gasteiger partial charge in [0.1, 0.15) is 11.3 Å². The zero-order chi connectivity index (χ0) is 25.4. The molecule has 0 radical (unpaired) electrons. The molecule has 36 heavy (non-hydrogen) atoms. The summed E-state index contributed by atoms with van der Waals surface area (Å²) in [7, 11) is 0. The molecule has 0 unspecified atom stereocenters. The molecule has 0 bridgehead atoms. The van der Waals surface area contributed by atoms with E-state index in [2.05, 4.69) is 69.8 Å². The average molecular weight is 488 g/mol. The van der Waals surface area contributed by atoms with Crippen LogP contribution in [0.15, 0.2) is 52.3 Å². The average Bonchev–Trinajstić information content (AvgIpc) is 3.30. The summed E-state index contributed by atoms with van der Waals surface area (Å²) in [6, 6.07) is 10.5. The van der Waals surface area contributed by atoms with Crippen molar-refractivity contribution in [1.29, 1.82) is 0 Å². The number of hydrogen-bond acceptors (Lipinski definition) is 6. The van der Waals surface area contributed by atoms with E-state index in [0.29, 0.717) is 18.7 Å². The summed E-state index contributed by atoms with van der Waals surface area (Å²) >= 11 is 0. The molecule has 3 aromatic heterocycles. The number of imidazole rings is 1. The van der Waals surface area contributed by atoms with Crippen molar-refractivity contribution in [3.63, 3.8) is 0 Å². The maximum Gasteiger partial charge on any atom is 0.328 e. The Balaban J connectivity index is 1.32. The zero-order valence-electron chi connectivity index (χ0n) is 21.3. The Hall–Kier alpha value is -3.72. The second kappa shape index (κ2) is 9.39. The number of pyridine rings is 1. The molecule has 5 rings (SSSR count). The van der Waals surface area contributed by atoms with E-state index >= 15 is 0 Å². The van der Waals surface area contributed by atoms with Gasteiger partial charge in [0.05, 0.1) is 5.52 Å². The van der Waals surface area contributed by atoms with E-state index in [1.807, 2.05) is 19.2 Å². The molecule has 1 fully saturated rings. The van der Waals surface area contributed by atoms with Crippen molar-refractivity contribution < 1.29 is 0 Å². The Kier molecular flexibility index (Phi) is 6.26. The lowest BCUT2D eigenvalue weighted by Crippen LogP contribution is -2.47. The van der Waals surface area contributed by atoms with Gasteiger partial charge in [-0.25, -0.2) is 14.8 Å². The fraction of sp³-hybridized carbons (Fsp3) is 0.407. The number of hydrogen-bond donors (Lipinski definition) is 2. The molecule has 0 amide bonds. The summed E-state index contributed by atoms with van der Waals surface area (Å²) in [4.78, 5) is 44.1. The first-order valence-corrected chi connectivity index (χ1v) is 12.5. The third kappa shape index (κ3) is 4.70. The fourth-order valence-corrected chi connectivity index (χ4v) is 4.68. The lowest BCUT2D eigenvalue weighted by Gasteiger charge is -2.35. The van der Waals surface area contributed by atoms with Gasteiger partial charge in [-0.1, -0.05) is 45.0 Å². The summed E-state index contributed by atoms with van der Waals surface area (Å²) < 4.78 is 1.53. The number of benzene rings is 1. The summed E-state index contributed by atoms with van der Waals surface area (Å²) in [5, 5.41) is 0. The van der Waals surface area contributed by atoms with Crippen molar-refractivity contribution >= 4 is 16.9 Å². The molecule has 2 N–H and O–H groups in total. The molecule has 1 aromatic carbocycles. The molecule has 1 aliphatic rings. The molecule has 188 valence electrons. The van der Waals surface area contributed by atoms with Crippen LogP contribution in [0.4, 0.5) is 5.82 Å². The van der Waals surface area contributed by atoms with Gasteiger partial charge in [0.25, 0.3) is 5.56 Å².